The van der Waals surface area contributed by atoms with Crippen molar-refractivity contribution in [3.8, 4) is 0 Å². The molecular formula is C27H32N4O7. The number of likely N-dealkylation sites (tertiary alicyclic amines) is 1. The van der Waals surface area contributed by atoms with E-state index >= 15 is 0 Å². The zero-order chi connectivity index (χ0) is 28.0. The van der Waals surface area contributed by atoms with E-state index in [4.69, 9.17) is 19.8 Å². The van der Waals surface area contributed by atoms with Crippen molar-refractivity contribution in [1.29, 1.82) is 0 Å². The van der Waals surface area contributed by atoms with E-state index in [9.17, 15) is 14.4 Å². The minimum Gasteiger partial charge on any atom is -0.483 e. The van der Waals surface area contributed by atoms with Gasteiger partial charge >= 0.3 is 0 Å². The first-order valence-corrected chi connectivity index (χ1v) is 12.1. The Morgan fingerprint density at radius 1 is 1.08 bits per heavy atom. The number of nitrogens with one attached hydrogen (secondary N) is 1. The van der Waals surface area contributed by atoms with Crippen LogP contribution < -0.4 is 11.0 Å². The fraction of sp³-hybridized carbons (Fsp3) is 0.370. The first-order chi connectivity index (χ1) is 18.2. The average molecular weight is 525 g/mol. The number of H-pyrrole nitrogens is 1. The molecule has 0 radical (unpaired) electrons. The SMILES string of the molecule is Cc1cccc2c(=O)c(C(=O)N3C[C@@H]4C[C@H](C3)c3ccc(CN(C)C)c(=O)n3C4)c[nH]c12.O=CO.O=CO. The summed E-state index contributed by atoms with van der Waals surface area (Å²) in [5, 5.41) is 14.3. The quantitative estimate of drug-likeness (QED) is 0.438. The van der Waals surface area contributed by atoms with Crippen molar-refractivity contribution in [3.05, 3.63) is 79.5 Å². The largest absolute Gasteiger partial charge is 0.483 e. The van der Waals surface area contributed by atoms with Gasteiger partial charge in [0.1, 0.15) is 5.56 Å². The molecule has 2 aliphatic heterocycles. The molecule has 202 valence electrons. The van der Waals surface area contributed by atoms with Crippen molar-refractivity contribution in [2.24, 2.45) is 5.92 Å². The van der Waals surface area contributed by atoms with E-state index in [1.165, 1.54) is 0 Å². The second kappa shape index (κ2) is 12.3. The Bertz CT molecular complexity index is 1440. The number of rotatable bonds is 3. The summed E-state index contributed by atoms with van der Waals surface area (Å²) in [7, 11) is 3.91. The Morgan fingerprint density at radius 3 is 2.42 bits per heavy atom. The maximum absolute atomic E-state index is 13.4. The lowest BCUT2D eigenvalue weighted by Crippen LogP contribution is -2.50. The highest BCUT2D eigenvalue weighted by Crippen LogP contribution is 2.35. The lowest BCUT2D eigenvalue weighted by molar-refractivity contribution is -0.123. The number of benzene rings is 1. The lowest BCUT2D eigenvalue weighted by Gasteiger charge is -2.43. The summed E-state index contributed by atoms with van der Waals surface area (Å²) in [4.78, 5) is 63.1. The highest BCUT2D eigenvalue weighted by atomic mass is 16.3. The summed E-state index contributed by atoms with van der Waals surface area (Å²) in [5.74, 6) is 0.0815. The number of nitrogens with zero attached hydrogens (tertiary/aromatic N) is 3. The molecule has 3 N–H and O–H groups in total. The molecule has 0 unspecified atom stereocenters. The molecule has 2 bridgehead atoms. The molecule has 0 aliphatic carbocycles. The summed E-state index contributed by atoms with van der Waals surface area (Å²) >= 11 is 0. The molecule has 1 fully saturated rings. The number of piperidine rings is 1. The highest BCUT2D eigenvalue weighted by molar-refractivity contribution is 5.97. The van der Waals surface area contributed by atoms with Crippen LogP contribution in [0, 0.1) is 12.8 Å². The summed E-state index contributed by atoms with van der Waals surface area (Å²) in [6.07, 6.45) is 2.51. The van der Waals surface area contributed by atoms with Crippen LogP contribution in [0.1, 0.15) is 39.5 Å². The number of hydrogen-bond donors (Lipinski definition) is 3. The minimum absolute atomic E-state index is 0.0759. The molecular weight excluding hydrogens is 492 g/mol. The Kier molecular flexibility index (Phi) is 9.19. The van der Waals surface area contributed by atoms with Crippen LogP contribution in [0.5, 0.6) is 0 Å². The number of carboxylic acid groups (broad SMARTS) is 2. The van der Waals surface area contributed by atoms with Gasteiger partial charge in [-0.3, -0.25) is 24.0 Å². The second-order valence-electron chi connectivity index (χ2n) is 9.69. The van der Waals surface area contributed by atoms with Crippen LogP contribution in [0.2, 0.25) is 0 Å². The maximum Gasteiger partial charge on any atom is 0.290 e. The van der Waals surface area contributed by atoms with Crippen LogP contribution in [0.15, 0.2) is 46.1 Å². The van der Waals surface area contributed by atoms with Gasteiger partial charge in [-0.15, -0.1) is 0 Å². The molecule has 1 saturated heterocycles. The van der Waals surface area contributed by atoms with Crippen molar-refractivity contribution in [1.82, 2.24) is 19.4 Å². The van der Waals surface area contributed by atoms with E-state index in [1.54, 1.807) is 17.2 Å². The van der Waals surface area contributed by atoms with E-state index in [2.05, 4.69) is 4.98 Å². The number of fused-ring (bicyclic) bond motifs is 5. The van der Waals surface area contributed by atoms with Gasteiger partial charge in [-0.2, -0.15) is 0 Å². The Balaban J connectivity index is 0.000000611. The van der Waals surface area contributed by atoms with Crippen LogP contribution in [-0.4, -0.2) is 75.6 Å². The maximum atomic E-state index is 13.4. The molecule has 1 aromatic carbocycles. The van der Waals surface area contributed by atoms with Crippen molar-refractivity contribution >= 4 is 29.8 Å². The fourth-order valence-electron chi connectivity index (χ4n) is 5.35. The van der Waals surface area contributed by atoms with Crippen molar-refractivity contribution in [3.63, 3.8) is 0 Å². The van der Waals surface area contributed by atoms with Gasteiger partial charge in [0.2, 0.25) is 5.43 Å². The third-order valence-corrected chi connectivity index (χ3v) is 6.81. The highest BCUT2D eigenvalue weighted by Gasteiger charge is 2.37. The summed E-state index contributed by atoms with van der Waals surface area (Å²) in [6, 6.07) is 9.50. The molecule has 11 nitrogen and oxygen atoms in total. The van der Waals surface area contributed by atoms with Gasteiger partial charge in [0.05, 0.1) is 5.52 Å². The van der Waals surface area contributed by atoms with E-state index in [0.29, 0.717) is 31.6 Å². The van der Waals surface area contributed by atoms with Gasteiger partial charge in [-0.1, -0.05) is 18.2 Å². The number of aryl methyl sites for hydroxylation is 1. The predicted octanol–water partition coefficient (Wildman–Crippen LogP) is 1.72. The second-order valence-corrected chi connectivity index (χ2v) is 9.69. The van der Waals surface area contributed by atoms with Gasteiger partial charge in [-0.25, -0.2) is 0 Å². The predicted molar refractivity (Wildman–Crippen MR) is 142 cm³/mol. The van der Waals surface area contributed by atoms with Gasteiger partial charge in [0.15, 0.2) is 0 Å². The minimum atomic E-state index is -0.250. The number of aromatic nitrogens is 2. The number of amides is 1. The van der Waals surface area contributed by atoms with Gasteiger partial charge in [0, 0.05) is 54.9 Å². The molecule has 1 amide bonds. The Hall–Kier alpha value is -4.25. The third kappa shape index (κ3) is 5.83. The van der Waals surface area contributed by atoms with Crippen LogP contribution in [0.25, 0.3) is 10.9 Å². The molecule has 2 aliphatic rings. The van der Waals surface area contributed by atoms with E-state index in [0.717, 1.165) is 28.8 Å². The Morgan fingerprint density at radius 2 is 1.76 bits per heavy atom. The number of aromatic amines is 1. The molecule has 3 aromatic rings. The van der Waals surface area contributed by atoms with E-state index in [1.807, 2.05) is 54.8 Å². The Labute approximate surface area is 218 Å². The smallest absolute Gasteiger partial charge is 0.290 e. The standard InChI is InChI=1S/C25H28N4O3.2CH2O2/c1-15-5-4-6-19-22(15)26-10-20(23(19)30)25(32)28-11-16-9-18(14-28)21-8-7-17(13-27(2)3)24(31)29(21)12-16;2*2-1-3/h4-8,10,16,18H,9,11-14H2,1-3H3,(H,26,30);2*1H,(H,2,3)/t16-,18+;;/m0../s1. The summed E-state index contributed by atoms with van der Waals surface area (Å²) in [5.41, 5.74) is 3.56. The molecule has 38 heavy (non-hydrogen) atoms. The summed E-state index contributed by atoms with van der Waals surface area (Å²) < 4.78 is 1.91. The number of hydrogen-bond acceptors (Lipinski definition) is 6. The van der Waals surface area contributed by atoms with Gasteiger partial charge < -0.3 is 29.6 Å². The van der Waals surface area contributed by atoms with Crippen LogP contribution in [0.4, 0.5) is 0 Å². The molecule has 2 atom stereocenters. The molecule has 4 heterocycles. The molecule has 5 rings (SSSR count). The first kappa shape index (κ1) is 28.3. The fourth-order valence-corrected chi connectivity index (χ4v) is 5.35. The summed E-state index contributed by atoms with van der Waals surface area (Å²) in [6.45, 7) is 3.75. The lowest BCUT2D eigenvalue weighted by atomic mass is 9.82. The average Bonchev–Trinajstić information content (AvgIpc) is 2.87. The third-order valence-electron chi connectivity index (χ3n) is 6.81. The van der Waals surface area contributed by atoms with Crippen LogP contribution in [0.3, 0.4) is 0 Å². The molecule has 2 aromatic heterocycles. The van der Waals surface area contributed by atoms with Gasteiger partial charge in [0.25, 0.3) is 24.4 Å². The molecule has 0 spiro atoms. The number of para-hydroxylation sites is 1. The first-order valence-electron chi connectivity index (χ1n) is 12.1. The molecule has 0 saturated carbocycles. The van der Waals surface area contributed by atoms with Crippen LogP contribution in [-0.2, 0) is 22.7 Å². The van der Waals surface area contributed by atoms with Crippen molar-refractivity contribution in [2.75, 3.05) is 27.2 Å². The zero-order valence-electron chi connectivity index (χ0n) is 21.6. The van der Waals surface area contributed by atoms with Gasteiger partial charge in [-0.05, 0) is 51.1 Å². The van der Waals surface area contributed by atoms with Crippen molar-refractivity contribution < 1.29 is 24.6 Å². The topological polar surface area (TPSA) is 153 Å². The molecule has 11 heteroatoms. The van der Waals surface area contributed by atoms with E-state index < -0.39 is 0 Å². The zero-order valence-corrected chi connectivity index (χ0v) is 21.6. The van der Waals surface area contributed by atoms with Crippen molar-refractivity contribution in [2.45, 2.75) is 32.4 Å². The monoisotopic (exact) mass is 524 g/mol. The number of carbonyl (C=O) groups excluding carboxylic acids is 1. The van der Waals surface area contributed by atoms with Crippen LogP contribution >= 0.6 is 0 Å². The number of pyridine rings is 2. The normalized spacial score (nSPS) is 17.4. The number of carbonyl (C=O) groups is 3. The van der Waals surface area contributed by atoms with E-state index in [-0.39, 0.29) is 47.2 Å².